The molecule has 6 nitrogen and oxygen atoms in total. The first-order chi connectivity index (χ1) is 9.06. The summed E-state index contributed by atoms with van der Waals surface area (Å²) in [5, 5.41) is 13.4. The van der Waals surface area contributed by atoms with Crippen LogP contribution in [0.3, 0.4) is 0 Å². The molecule has 6 heteroatoms. The van der Waals surface area contributed by atoms with Crippen LogP contribution in [0.1, 0.15) is 36.0 Å². The van der Waals surface area contributed by atoms with Crippen molar-refractivity contribution in [1.82, 2.24) is 5.32 Å². The number of Topliss-reactive ketones (excluding diaryl/α,β-unsaturated/α-hetero) is 1. The van der Waals surface area contributed by atoms with Crippen LogP contribution in [0.4, 0.5) is 5.69 Å². The largest absolute Gasteiger partial charge is 0.349 e. The first kappa shape index (κ1) is 13.2. The molecule has 2 rings (SSSR count). The molecule has 100 valence electrons. The van der Waals surface area contributed by atoms with E-state index in [2.05, 4.69) is 5.32 Å². The fourth-order valence-corrected chi connectivity index (χ4v) is 2.11. The van der Waals surface area contributed by atoms with Crippen molar-refractivity contribution in [2.75, 3.05) is 0 Å². The Balaban J connectivity index is 2.01. The van der Waals surface area contributed by atoms with E-state index in [-0.39, 0.29) is 29.0 Å². The van der Waals surface area contributed by atoms with Crippen molar-refractivity contribution in [2.45, 2.75) is 31.7 Å². The molecule has 1 aliphatic carbocycles. The molecule has 1 N–H and O–H groups in total. The zero-order valence-electron chi connectivity index (χ0n) is 10.3. The van der Waals surface area contributed by atoms with E-state index in [1.54, 1.807) is 0 Å². The van der Waals surface area contributed by atoms with Crippen LogP contribution in [0, 0.1) is 10.1 Å². The number of nitro benzene ring substituents is 1. The van der Waals surface area contributed by atoms with E-state index in [1.807, 2.05) is 0 Å². The van der Waals surface area contributed by atoms with Gasteiger partial charge in [0.2, 0.25) is 0 Å². The first-order valence-corrected chi connectivity index (χ1v) is 6.13. The maximum absolute atomic E-state index is 12.0. The maximum atomic E-state index is 12.0. The number of carbonyl (C=O) groups excluding carboxylic acids is 2. The van der Waals surface area contributed by atoms with Gasteiger partial charge in [-0.2, -0.15) is 0 Å². The lowest BCUT2D eigenvalue weighted by Crippen LogP contribution is -2.37. The van der Waals surface area contributed by atoms with Crippen LogP contribution in [-0.2, 0) is 4.79 Å². The first-order valence-electron chi connectivity index (χ1n) is 6.13. The Morgan fingerprint density at radius 2 is 2.00 bits per heavy atom. The normalized spacial score (nSPS) is 16.1. The lowest BCUT2D eigenvalue weighted by Gasteiger charge is -2.22. The summed E-state index contributed by atoms with van der Waals surface area (Å²) >= 11 is 0. The number of non-ortho nitro benzene ring substituents is 1. The monoisotopic (exact) mass is 262 g/mol. The predicted octanol–water partition coefficient (Wildman–Crippen LogP) is 1.84. The van der Waals surface area contributed by atoms with Crippen molar-refractivity contribution in [3.8, 4) is 0 Å². The van der Waals surface area contributed by atoms with E-state index >= 15 is 0 Å². The highest BCUT2D eigenvalue weighted by molar-refractivity contribution is 5.95. The molecule has 0 heterocycles. The van der Waals surface area contributed by atoms with Crippen LogP contribution in [0.5, 0.6) is 0 Å². The third kappa shape index (κ3) is 3.37. The van der Waals surface area contributed by atoms with E-state index < -0.39 is 4.92 Å². The summed E-state index contributed by atoms with van der Waals surface area (Å²) in [5.41, 5.74) is 0.164. The van der Waals surface area contributed by atoms with Crippen molar-refractivity contribution >= 4 is 17.4 Å². The van der Waals surface area contributed by atoms with E-state index in [1.165, 1.54) is 24.3 Å². The quantitative estimate of drug-likeness (QED) is 0.664. The molecule has 1 fully saturated rings. The minimum absolute atomic E-state index is 0.0236. The highest BCUT2D eigenvalue weighted by Gasteiger charge is 2.21. The fraction of sp³-hybridized carbons (Fsp3) is 0.385. The lowest BCUT2D eigenvalue weighted by molar-refractivity contribution is -0.384. The van der Waals surface area contributed by atoms with Crippen molar-refractivity contribution in [3.63, 3.8) is 0 Å². The molecule has 0 bridgehead atoms. The number of nitro groups is 1. The van der Waals surface area contributed by atoms with Gasteiger partial charge in [-0.15, -0.1) is 0 Å². The number of amides is 1. The summed E-state index contributed by atoms with van der Waals surface area (Å²) in [4.78, 5) is 33.2. The van der Waals surface area contributed by atoms with E-state index in [9.17, 15) is 19.7 Å². The average molecular weight is 262 g/mol. The SMILES string of the molecule is O=C1CCC(NC(=O)c2cccc([N+](=O)[O-])c2)CC1. The van der Waals surface area contributed by atoms with Gasteiger partial charge in [-0.05, 0) is 18.9 Å². The number of nitrogens with one attached hydrogen (secondary N) is 1. The summed E-state index contributed by atoms with van der Waals surface area (Å²) in [6, 6.07) is 5.59. The van der Waals surface area contributed by atoms with E-state index in [0.29, 0.717) is 25.7 Å². The Labute approximate surface area is 110 Å². The number of ketones is 1. The second-order valence-corrected chi connectivity index (χ2v) is 4.59. The molecular weight excluding hydrogens is 248 g/mol. The molecule has 0 spiro atoms. The number of hydrogen-bond acceptors (Lipinski definition) is 4. The van der Waals surface area contributed by atoms with Gasteiger partial charge in [0.1, 0.15) is 5.78 Å². The molecule has 1 aromatic rings. The van der Waals surface area contributed by atoms with Gasteiger partial charge in [0, 0.05) is 36.6 Å². The second-order valence-electron chi connectivity index (χ2n) is 4.59. The average Bonchev–Trinajstić information content (AvgIpc) is 2.41. The Kier molecular flexibility index (Phi) is 3.89. The number of carbonyl (C=O) groups is 2. The Morgan fingerprint density at radius 1 is 1.32 bits per heavy atom. The van der Waals surface area contributed by atoms with Crippen molar-refractivity contribution < 1.29 is 14.5 Å². The van der Waals surface area contributed by atoms with Crippen LogP contribution >= 0.6 is 0 Å². The zero-order valence-corrected chi connectivity index (χ0v) is 10.3. The lowest BCUT2D eigenvalue weighted by atomic mass is 9.94. The molecule has 0 unspecified atom stereocenters. The van der Waals surface area contributed by atoms with Gasteiger partial charge in [0.15, 0.2) is 0 Å². The number of hydrogen-bond donors (Lipinski definition) is 1. The van der Waals surface area contributed by atoms with Gasteiger partial charge in [0.25, 0.3) is 11.6 Å². The third-order valence-corrected chi connectivity index (χ3v) is 3.20. The van der Waals surface area contributed by atoms with E-state index in [4.69, 9.17) is 0 Å². The predicted molar refractivity (Wildman–Crippen MR) is 67.8 cm³/mol. The molecule has 1 amide bonds. The molecule has 0 aliphatic heterocycles. The molecule has 1 saturated carbocycles. The minimum Gasteiger partial charge on any atom is -0.349 e. The van der Waals surface area contributed by atoms with Gasteiger partial charge >= 0.3 is 0 Å². The minimum atomic E-state index is -0.532. The molecule has 0 atom stereocenters. The van der Waals surface area contributed by atoms with Crippen LogP contribution in [0.25, 0.3) is 0 Å². The topological polar surface area (TPSA) is 89.3 Å². The van der Waals surface area contributed by atoms with Crippen molar-refractivity contribution in [1.29, 1.82) is 0 Å². The Bertz CT molecular complexity index is 517. The summed E-state index contributed by atoms with van der Waals surface area (Å²) in [6.45, 7) is 0. The summed E-state index contributed by atoms with van der Waals surface area (Å²) in [5.74, 6) is -0.108. The van der Waals surface area contributed by atoms with Gasteiger partial charge in [-0.1, -0.05) is 6.07 Å². The smallest absolute Gasteiger partial charge is 0.270 e. The summed E-state index contributed by atoms with van der Waals surface area (Å²) < 4.78 is 0. The third-order valence-electron chi connectivity index (χ3n) is 3.20. The van der Waals surface area contributed by atoms with Crippen LogP contribution in [0.2, 0.25) is 0 Å². The van der Waals surface area contributed by atoms with Gasteiger partial charge < -0.3 is 5.32 Å². The van der Waals surface area contributed by atoms with Gasteiger partial charge in [0.05, 0.1) is 4.92 Å². The van der Waals surface area contributed by atoms with Crippen molar-refractivity contribution in [2.24, 2.45) is 0 Å². The molecule has 0 aromatic heterocycles. The summed E-state index contributed by atoms with van der Waals surface area (Å²) in [7, 11) is 0. The summed E-state index contributed by atoms with van der Waals surface area (Å²) in [6.07, 6.45) is 2.25. The highest BCUT2D eigenvalue weighted by Crippen LogP contribution is 2.17. The van der Waals surface area contributed by atoms with Gasteiger partial charge in [-0.3, -0.25) is 19.7 Å². The molecule has 0 radical (unpaired) electrons. The molecule has 1 aliphatic rings. The Morgan fingerprint density at radius 3 is 2.63 bits per heavy atom. The molecule has 1 aromatic carbocycles. The number of rotatable bonds is 3. The maximum Gasteiger partial charge on any atom is 0.270 e. The van der Waals surface area contributed by atoms with Gasteiger partial charge in [-0.25, -0.2) is 0 Å². The molecular formula is C13H14N2O4. The number of nitrogens with zero attached hydrogens (tertiary/aromatic N) is 1. The zero-order chi connectivity index (χ0) is 13.8. The number of benzene rings is 1. The van der Waals surface area contributed by atoms with Crippen molar-refractivity contribution in [3.05, 3.63) is 39.9 Å². The van der Waals surface area contributed by atoms with Crippen LogP contribution in [0.15, 0.2) is 24.3 Å². The van der Waals surface area contributed by atoms with Crippen LogP contribution < -0.4 is 5.32 Å². The standard InChI is InChI=1S/C13H14N2O4/c16-12-6-4-10(5-7-12)14-13(17)9-2-1-3-11(8-9)15(18)19/h1-3,8,10H,4-7H2,(H,14,17). The molecule has 19 heavy (non-hydrogen) atoms. The second kappa shape index (κ2) is 5.60. The highest BCUT2D eigenvalue weighted by atomic mass is 16.6. The fourth-order valence-electron chi connectivity index (χ4n) is 2.11. The van der Waals surface area contributed by atoms with E-state index in [0.717, 1.165) is 0 Å². The Hall–Kier alpha value is -2.24. The van der Waals surface area contributed by atoms with Crippen LogP contribution in [-0.4, -0.2) is 22.7 Å². The molecule has 0 saturated heterocycles.